The van der Waals surface area contributed by atoms with Crippen molar-refractivity contribution >= 4 is 0 Å². The smallest absolute Gasteiger partial charge is 0.0701 e. The Balaban J connectivity index is 0. The van der Waals surface area contributed by atoms with E-state index in [2.05, 4.69) is 13.8 Å². The van der Waals surface area contributed by atoms with E-state index in [9.17, 15) is 0 Å². The Labute approximate surface area is 161 Å². The van der Waals surface area contributed by atoms with Gasteiger partial charge in [-0.1, -0.05) is 52.4 Å². The molecule has 160 valence electrons. The first-order chi connectivity index (χ1) is 12.8. The SMILES string of the molecule is CCCCCCCOCCCCC.OCCOCCOCCOCCO. The summed E-state index contributed by atoms with van der Waals surface area (Å²) in [5.41, 5.74) is 0. The Bertz CT molecular complexity index is 174. The molecular weight excluding hydrogens is 336 g/mol. The van der Waals surface area contributed by atoms with Crippen LogP contribution in [0.25, 0.3) is 0 Å². The van der Waals surface area contributed by atoms with Crippen LogP contribution in [0.3, 0.4) is 0 Å². The van der Waals surface area contributed by atoms with Gasteiger partial charge in [-0.05, 0) is 12.8 Å². The summed E-state index contributed by atoms with van der Waals surface area (Å²) in [6, 6.07) is 0. The molecule has 0 rings (SSSR count). The maximum absolute atomic E-state index is 8.36. The summed E-state index contributed by atoms with van der Waals surface area (Å²) in [5.74, 6) is 0. The first-order valence-corrected chi connectivity index (χ1v) is 10.4. The first kappa shape index (κ1) is 28.0. The topological polar surface area (TPSA) is 77.4 Å². The third-order valence-corrected chi connectivity index (χ3v) is 3.50. The Morgan fingerprint density at radius 1 is 0.423 bits per heavy atom. The van der Waals surface area contributed by atoms with E-state index in [4.69, 9.17) is 29.2 Å². The molecule has 0 atom stereocenters. The van der Waals surface area contributed by atoms with Crippen molar-refractivity contribution in [2.45, 2.75) is 65.2 Å². The van der Waals surface area contributed by atoms with E-state index >= 15 is 0 Å². The number of rotatable bonds is 20. The molecule has 0 radical (unpaired) electrons. The zero-order chi connectivity index (χ0) is 19.6. The lowest BCUT2D eigenvalue weighted by atomic mass is 10.2. The average molecular weight is 381 g/mol. The second kappa shape index (κ2) is 29.5. The lowest BCUT2D eigenvalue weighted by Crippen LogP contribution is -2.11. The van der Waals surface area contributed by atoms with Gasteiger partial charge in [0.15, 0.2) is 0 Å². The highest BCUT2D eigenvalue weighted by molar-refractivity contribution is 4.42. The number of unbranched alkanes of at least 4 members (excludes halogenated alkanes) is 6. The van der Waals surface area contributed by atoms with Gasteiger partial charge in [-0.3, -0.25) is 0 Å². The fraction of sp³-hybridized carbons (Fsp3) is 1.00. The molecule has 26 heavy (non-hydrogen) atoms. The highest BCUT2D eigenvalue weighted by Crippen LogP contribution is 2.02. The Morgan fingerprint density at radius 3 is 1.23 bits per heavy atom. The van der Waals surface area contributed by atoms with E-state index < -0.39 is 0 Å². The molecule has 0 aromatic carbocycles. The summed E-state index contributed by atoms with van der Waals surface area (Å²) < 4.78 is 20.5. The highest BCUT2D eigenvalue weighted by Gasteiger charge is 1.91. The molecule has 6 nitrogen and oxygen atoms in total. The van der Waals surface area contributed by atoms with Gasteiger partial charge >= 0.3 is 0 Å². The second-order valence-electron chi connectivity index (χ2n) is 6.02. The van der Waals surface area contributed by atoms with Crippen LogP contribution in [0, 0.1) is 0 Å². The van der Waals surface area contributed by atoms with Gasteiger partial charge in [-0.25, -0.2) is 0 Å². The maximum Gasteiger partial charge on any atom is 0.0701 e. The fourth-order valence-corrected chi connectivity index (χ4v) is 2.03. The minimum absolute atomic E-state index is 0.0413. The molecule has 0 bridgehead atoms. The van der Waals surface area contributed by atoms with Gasteiger partial charge in [-0.15, -0.1) is 0 Å². The number of aliphatic hydroxyl groups is 2. The molecule has 0 saturated carbocycles. The van der Waals surface area contributed by atoms with E-state index in [0.717, 1.165) is 13.2 Å². The number of hydrogen-bond acceptors (Lipinski definition) is 6. The molecule has 0 aliphatic heterocycles. The zero-order valence-electron chi connectivity index (χ0n) is 17.3. The van der Waals surface area contributed by atoms with Crippen LogP contribution in [0.1, 0.15) is 65.2 Å². The van der Waals surface area contributed by atoms with Crippen molar-refractivity contribution in [1.29, 1.82) is 0 Å². The van der Waals surface area contributed by atoms with Crippen molar-refractivity contribution in [3.63, 3.8) is 0 Å². The van der Waals surface area contributed by atoms with Crippen molar-refractivity contribution in [3.05, 3.63) is 0 Å². The van der Waals surface area contributed by atoms with Crippen LogP contribution in [-0.2, 0) is 18.9 Å². The summed E-state index contributed by atoms with van der Waals surface area (Å²) >= 11 is 0. The van der Waals surface area contributed by atoms with Crippen molar-refractivity contribution in [2.24, 2.45) is 0 Å². The van der Waals surface area contributed by atoms with E-state index in [1.54, 1.807) is 0 Å². The molecule has 2 N–H and O–H groups in total. The van der Waals surface area contributed by atoms with Gasteiger partial charge in [0.2, 0.25) is 0 Å². The minimum Gasteiger partial charge on any atom is -0.394 e. The second-order valence-corrected chi connectivity index (χ2v) is 6.02. The van der Waals surface area contributed by atoms with Crippen molar-refractivity contribution in [2.75, 3.05) is 66.1 Å². The van der Waals surface area contributed by atoms with Gasteiger partial charge < -0.3 is 29.2 Å². The minimum atomic E-state index is 0.0413. The van der Waals surface area contributed by atoms with E-state index in [-0.39, 0.29) is 13.2 Å². The quantitative estimate of drug-likeness (QED) is 0.316. The Hall–Kier alpha value is -0.240. The Morgan fingerprint density at radius 2 is 0.769 bits per heavy atom. The molecule has 0 aromatic rings. The first-order valence-electron chi connectivity index (χ1n) is 10.4. The molecule has 0 unspecified atom stereocenters. The monoisotopic (exact) mass is 380 g/mol. The van der Waals surface area contributed by atoms with Crippen molar-refractivity contribution in [3.8, 4) is 0 Å². The lowest BCUT2D eigenvalue weighted by Gasteiger charge is -2.04. The molecule has 0 aromatic heterocycles. The van der Waals surface area contributed by atoms with Gasteiger partial charge in [0.25, 0.3) is 0 Å². The summed E-state index contributed by atoms with van der Waals surface area (Å²) in [6.07, 6.45) is 10.6. The van der Waals surface area contributed by atoms with Crippen molar-refractivity contribution in [1.82, 2.24) is 0 Å². The molecule has 6 heteroatoms. The molecule has 0 fully saturated rings. The summed E-state index contributed by atoms with van der Waals surface area (Å²) in [6.45, 7) is 9.20. The van der Waals surface area contributed by atoms with Crippen molar-refractivity contribution < 1.29 is 29.2 Å². The van der Waals surface area contributed by atoms with E-state index in [1.807, 2.05) is 0 Å². The van der Waals surface area contributed by atoms with Gasteiger partial charge in [0.1, 0.15) is 0 Å². The predicted molar refractivity (Wildman–Crippen MR) is 106 cm³/mol. The summed E-state index contributed by atoms with van der Waals surface area (Å²) in [7, 11) is 0. The maximum atomic E-state index is 8.36. The van der Waals surface area contributed by atoms with Gasteiger partial charge in [0, 0.05) is 13.2 Å². The van der Waals surface area contributed by atoms with Crippen LogP contribution in [0.15, 0.2) is 0 Å². The molecule has 0 amide bonds. The molecule has 0 heterocycles. The van der Waals surface area contributed by atoms with Crippen LogP contribution < -0.4 is 0 Å². The van der Waals surface area contributed by atoms with Crippen LogP contribution in [-0.4, -0.2) is 76.3 Å². The molecular formula is C20H44O6. The molecule has 0 aliphatic rings. The van der Waals surface area contributed by atoms with Crippen LogP contribution in [0.5, 0.6) is 0 Å². The number of hydrogen-bond donors (Lipinski definition) is 2. The predicted octanol–water partition coefficient (Wildman–Crippen LogP) is 3.18. The summed E-state index contributed by atoms with van der Waals surface area (Å²) in [5, 5.41) is 16.7. The summed E-state index contributed by atoms with van der Waals surface area (Å²) in [4.78, 5) is 0. The number of ether oxygens (including phenoxy) is 4. The van der Waals surface area contributed by atoms with E-state index in [1.165, 1.54) is 51.4 Å². The highest BCUT2D eigenvalue weighted by atomic mass is 16.5. The standard InChI is InChI=1S/C12H26O.C8H18O5/c1-3-5-7-8-10-12-13-11-9-6-4-2;9-1-3-11-5-7-13-8-6-12-4-2-10/h3-12H2,1-2H3;9-10H,1-8H2. The van der Waals surface area contributed by atoms with Gasteiger partial charge in [0.05, 0.1) is 52.9 Å². The van der Waals surface area contributed by atoms with Crippen LogP contribution in [0.4, 0.5) is 0 Å². The third-order valence-electron chi connectivity index (χ3n) is 3.50. The normalized spacial score (nSPS) is 10.6. The van der Waals surface area contributed by atoms with Crippen LogP contribution >= 0.6 is 0 Å². The zero-order valence-corrected chi connectivity index (χ0v) is 17.3. The Kier molecular flexibility index (Phi) is 31.8. The van der Waals surface area contributed by atoms with Crippen LogP contribution in [0.2, 0.25) is 0 Å². The molecule has 0 spiro atoms. The van der Waals surface area contributed by atoms with Gasteiger partial charge in [-0.2, -0.15) is 0 Å². The average Bonchev–Trinajstić information content (AvgIpc) is 2.66. The largest absolute Gasteiger partial charge is 0.394 e. The number of aliphatic hydroxyl groups excluding tert-OH is 2. The lowest BCUT2D eigenvalue weighted by molar-refractivity contribution is 0.00230. The molecule has 0 saturated heterocycles. The molecule has 0 aliphatic carbocycles. The third kappa shape index (κ3) is 31.5. The fourth-order valence-electron chi connectivity index (χ4n) is 2.03. The van der Waals surface area contributed by atoms with E-state index in [0.29, 0.717) is 39.6 Å².